The molecule has 204 valence electrons. The third-order valence-electron chi connectivity index (χ3n) is 6.00. The molecule has 0 radical (unpaired) electrons. The number of methoxy groups -OCH3 is 1. The molecule has 0 aliphatic rings. The van der Waals surface area contributed by atoms with Gasteiger partial charge < -0.3 is 19.4 Å². The van der Waals surface area contributed by atoms with Crippen LogP contribution in [0.4, 0.5) is 5.00 Å². The molecule has 0 spiro atoms. The molecule has 0 saturated heterocycles. The summed E-state index contributed by atoms with van der Waals surface area (Å²) < 4.78 is 12.8. The number of esters is 1. The lowest BCUT2D eigenvalue weighted by molar-refractivity contribution is -0.113. The Balaban J connectivity index is 1.46. The first kappa shape index (κ1) is 28.7. The van der Waals surface area contributed by atoms with E-state index in [9.17, 15) is 9.59 Å². The van der Waals surface area contributed by atoms with E-state index < -0.39 is 5.97 Å². The number of thioether (sulfide) groups is 1. The molecule has 0 aliphatic heterocycles. The highest BCUT2D eigenvalue weighted by Gasteiger charge is 2.24. The van der Waals surface area contributed by atoms with Crippen LogP contribution >= 0.6 is 34.7 Å². The molecule has 0 saturated carbocycles. The molecule has 2 heterocycles. The van der Waals surface area contributed by atoms with Crippen LogP contribution in [0.5, 0.6) is 5.75 Å². The van der Waals surface area contributed by atoms with Crippen LogP contribution in [0, 0.1) is 20.8 Å². The smallest absolute Gasteiger partial charge is 0.341 e. The molecule has 0 unspecified atom stereocenters. The predicted molar refractivity (Wildman–Crippen MR) is 156 cm³/mol. The van der Waals surface area contributed by atoms with Crippen molar-refractivity contribution in [2.45, 2.75) is 46.0 Å². The van der Waals surface area contributed by atoms with E-state index in [2.05, 4.69) is 15.5 Å². The van der Waals surface area contributed by atoms with Crippen molar-refractivity contribution in [1.82, 2.24) is 14.8 Å². The maximum absolute atomic E-state index is 12.9. The van der Waals surface area contributed by atoms with Gasteiger partial charge in [-0.15, -0.1) is 21.5 Å². The molecule has 0 aliphatic carbocycles. The Bertz CT molecular complexity index is 1520. The Morgan fingerprint density at radius 2 is 1.82 bits per heavy atom. The van der Waals surface area contributed by atoms with Crippen LogP contribution in [-0.4, -0.2) is 39.5 Å². The lowest BCUT2D eigenvalue weighted by atomic mass is 9.97. The third-order valence-corrected chi connectivity index (χ3v) is 8.18. The second-order valence-corrected chi connectivity index (χ2v) is 11.1. The molecule has 11 heteroatoms. The molecule has 2 aromatic heterocycles. The molecule has 0 fully saturated rings. The van der Waals surface area contributed by atoms with Gasteiger partial charge in [-0.05, 0) is 56.5 Å². The van der Waals surface area contributed by atoms with Crippen molar-refractivity contribution in [1.29, 1.82) is 0 Å². The number of thiophene rings is 1. The molecule has 1 N–H and O–H groups in total. The summed E-state index contributed by atoms with van der Waals surface area (Å²) in [6.07, 6.45) is 0. The van der Waals surface area contributed by atoms with Crippen molar-refractivity contribution in [3.63, 3.8) is 0 Å². The second kappa shape index (κ2) is 12.7. The van der Waals surface area contributed by atoms with Gasteiger partial charge in [0.15, 0.2) is 11.0 Å². The SMILES string of the molecule is CCn1c(COc2cc(C)ccc2Cl)nnc1SCC(=O)Nc1scc(-c2cc(C)ccc2C)c1C(=O)OC. The van der Waals surface area contributed by atoms with Gasteiger partial charge in [0.05, 0.1) is 17.9 Å². The second-order valence-electron chi connectivity index (χ2n) is 8.87. The Morgan fingerprint density at radius 3 is 2.56 bits per heavy atom. The first-order valence-corrected chi connectivity index (χ1v) is 14.5. The number of benzene rings is 2. The average Bonchev–Trinajstić information content (AvgIpc) is 3.52. The highest BCUT2D eigenvalue weighted by molar-refractivity contribution is 7.99. The van der Waals surface area contributed by atoms with Crippen LogP contribution in [0.3, 0.4) is 0 Å². The fourth-order valence-corrected chi connectivity index (χ4v) is 5.94. The molecule has 0 bridgehead atoms. The molecule has 4 aromatic rings. The van der Waals surface area contributed by atoms with E-state index in [-0.39, 0.29) is 18.3 Å². The summed E-state index contributed by atoms with van der Waals surface area (Å²) in [5.41, 5.74) is 5.16. The van der Waals surface area contributed by atoms with E-state index in [4.69, 9.17) is 21.1 Å². The molecule has 39 heavy (non-hydrogen) atoms. The summed E-state index contributed by atoms with van der Waals surface area (Å²) in [4.78, 5) is 25.7. The number of amides is 1. The highest BCUT2D eigenvalue weighted by atomic mass is 35.5. The minimum Gasteiger partial charge on any atom is -0.484 e. The zero-order valence-corrected chi connectivity index (χ0v) is 24.7. The normalized spacial score (nSPS) is 10.9. The first-order chi connectivity index (χ1) is 18.7. The highest BCUT2D eigenvalue weighted by Crippen LogP contribution is 2.38. The van der Waals surface area contributed by atoms with Crippen LogP contribution in [0.2, 0.25) is 5.02 Å². The van der Waals surface area contributed by atoms with Crippen LogP contribution in [-0.2, 0) is 22.7 Å². The largest absolute Gasteiger partial charge is 0.484 e. The van der Waals surface area contributed by atoms with Crippen LogP contribution in [0.15, 0.2) is 46.9 Å². The Kier molecular flexibility index (Phi) is 9.32. The van der Waals surface area contributed by atoms with E-state index in [0.29, 0.717) is 38.9 Å². The summed E-state index contributed by atoms with van der Waals surface area (Å²) in [7, 11) is 1.33. The molecule has 1 amide bonds. The van der Waals surface area contributed by atoms with Crippen molar-refractivity contribution in [3.8, 4) is 16.9 Å². The summed E-state index contributed by atoms with van der Waals surface area (Å²) >= 11 is 8.79. The third kappa shape index (κ3) is 6.63. The molecule has 0 atom stereocenters. The fourth-order valence-electron chi connectivity index (χ4n) is 3.99. The number of aromatic nitrogens is 3. The summed E-state index contributed by atoms with van der Waals surface area (Å²) in [5, 5.41) is 14.8. The summed E-state index contributed by atoms with van der Waals surface area (Å²) in [5.74, 6) is 0.518. The van der Waals surface area contributed by atoms with Gasteiger partial charge >= 0.3 is 5.97 Å². The number of carbonyl (C=O) groups is 2. The number of nitrogens with zero attached hydrogens (tertiary/aromatic N) is 3. The van der Waals surface area contributed by atoms with Gasteiger partial charge in [-0.25, -0.2) is 4.79 Å². The van der Waals surface area contributed by atoms with E-state index in [1.807, 2.05) is 68.0 Å². The molecular formula is C28H29ClN4O4S2. The summed E-state index contributed by atoms with van der Waals surface area (Å²) in [6, 6.07) is 11.6. The molecule has 4 rings (SSSR count). The van der Waals surface area contributed by atoms with E-state index >= 15 is 0 Å². The number of rotatable bonds is 10. The monoisotopic (exact) mass is 584 g/mol. The Labute approximate surface area is 240 Å². The number of anilines is 1. The van der Waals surface area contributed by atoms with E-state index in [1.165, 1.54) is 30.2 Å². The molecule has 8 nitrogen and oxygen atoms in total. The topological polar surface area (TPSA) is 95.3 Å². The number of halogens is 1. The van der Waals surface area contributed by atoms with Gasteiger partial charge in [-0.2, -0.15) is 0 Å². The minimum absolute atomic E-state index is 0.0834. The maximum atomic E-state index is 12.9. The van der Waals surface area contributed by atoms with Gasteiger partial charge in [0, 0.05) is 17.5 Å². The number of ether oxygens (including phenoxy) is 2. The average molecular weight is 585 g/mol. The molecule has 2 aromatic carbocycles. The van der Waals surface area contributed by atoms with Crippen LogP contribution < -0.4 is 10.1 Å². The standard InChI is InChI=1S/C28H29ClN4O4S2/c1-6-33-23(13-37-22-12-17(3)8-10-21(22)29)31-32-28(33)39-15-24(34)30-26-25(27(35)36-5)20(14-38-26)19-11-16(2)7-9-18(19)4/h7-12,14H,6,13,15H2,1-5H3,(H,30,34). The van der Waals surface area contributed by atoms with Gasteiger partial charge in [0.2, 0.25) is 5.91 Å². The predicted octanol–water partition coefficient (Wildman–Crippen LogP) is 6.70. The van der Waals surface area contributed by atoms with Crippen molar-refractivity contribution in [2.24, 2.45) is 0 Å². The van der Waals surface area contributed by atoms with E-state index in [0.717, 1.165) is 27.8 Å². The van der Waals surface area contributed by atoms with Gasteiger partial charge in [-0.3, -0.25) is 4.79 Å². The van der Waals surface area contributed by atoms with Gasteiger partial charge in [-0.1, -0.05) is 53.2 Å². The van der Waals surface area contributed by atoms with Crippen LogP contribution in [0.25, 0.3) is 11.1 Å². The Morgan fingerprint density at radius 1 is 1.08 bits per heavy atom. The van der Waals surface area contributed by atoms with Crippen LogP contribution in [0.1, 0.15) is 39.8 Å². The number of hydrogen-bond donors (Lipinski definition) is 1. The summed E-state index contributed by atoms with van der Waals surface area (Å²) in [6.45, 7) is 8.72. The first-order valence-electron chi connectivity index (χ1n) is 12.2. The zero-order valence-electron chi connectivity index (χ0n) is 22.3. The zero-order chi connectivity index (χ0) is 28.1. The minimum atomic E-state index is -0.501. The van der Waals surface area contributed by atoms with Crippen molar-refractivity contribution in [2.75, 3.05) is 18.2 Å². The number of nitrogens with one attached hydrogen (secondary N) is 1. The number of aryl methyl sites for hydroxylation is 3. The Hall–Kier alpha value is -3.34. The van der Waals surface area contributed by atoms with Crippen molar-refractivity contribution >= 4 is 51.6 Å². The fraction of sp³-hybridized carbons (Fsp3) is 0.286. The van der Waals surface area contributed by atoms with Gasteiger partial charge in [0.1, 0.15) is 22.9 Å². The van der Waals surface area contributed by atoms with Gasteiger partial charge in [0.25, 0.3) is 0 Å². The number of carbonyl (C=O) groups excluding carboxylic acids is 2. The lowest BCUT2D eigenvalue weighted by Gasteiger charge is -2.11. The van der Waals surface area contributed by atoms with E-state index in [1.54, 1.807) is 6.07 Å². The maximum Gasteiger partial charge on any atom is 0.341 e. The van der Waals surface area contributed by atoms with Crippen molar-refractivity contribution < 1.29 is 19.1 Å². The molecular weight excluding hydrogens is 556 g/mol. The number of hydrogen-bond acceptors (Lipinski definition) is 8. The lowest BCUT2D eigenvalue weighted by Crippen LogP contribution is -2.16. The van der Waals surface area contributed by atoms with Crippen molar-refractivity contribution in [3.05, 3.63) is 74.9 Å². The quantitative estimate of drug-likeness (QED) is 0.164.